The molecule has 0 aliphatic rings. The van der Waals surface area contributed by atoms with E-state index in [1.807, 2.05) is 19.1 Å². The van der Waals surface area contributed by atoms with Gasteiger partial charge in [-0.15, -0.1) is 0 Å². The Kier molecular flexibility index (Phi) is 5.58. The van der Waals surface area contributed by atoms with E-state index < -0.39 is 17.7 Å². The quantitative estimate of drug-likeness (QED) is 0.886. The molecule has 2 rings (SSSR count). The van der Waals surface area contributed by atoms with Crippen LogP contribution in [0.4, 0.5) is 8.78 Å². The molecule has 1 atom stereocenters. The summed E-state index contributed by atoms with van der Waals surface area (Å²) in [5.41, 5.74) is 1.19. The van der Waals surface area contributed by atoms with Gasteiger partial charge in [0.1, 0.15) is 11.6 Å². The summed E-state index contributed by atoms with van der Waals surface area (Å²) < 4.78 is 27.0. The van der Waals surface area contributed by atoms with Gasteiger partial charge < -0.3 is 5.32 Å². The molecule has 1 unspecified atom stereocenters. The largest absolute Gasteiger partial charge is 0.349 e. The van der Waals surface area contributed by atoms with Crippen molar-refractivity contribution in [1.29, 1.82) is 0 Å². The number of hydrogen-bond donors (Lipinski definition) is 1. The SMILES string of the molecule is CCC(NC(=O)CCc1ccncc1)c1cc(F)ccc1F. The van der Waals surface area contributed by atoms with Crippen molar-refractivity contribution in [2.24, 2.45) is 0 Å². The zero-order chi connectivity index (χ0) is 15.9. The third-order valence-corrected chi connectivity index (χ3v) is 3.47. The van der Waals surface area contributed by atoms with Crippen molar-refractivity contribution in [3.63, 3.8) is 0 Å². The summed E-state index contributed by atoms with van der Waals surface area (Å²) >= 11 is 0. The van der Waals surface area contributed by atoms with E-state index in [4.69, 9.17) is 0 Å². The van der Waals surface area contributed by atoms with Crippen molar-refractivity contribution in [3.8, 4) is 0 Å². The van der Waals surface area contributed by atoms with Crippen LogP contribution in [0.2, 0.25) is 0 Å². The Labute approximate surface area is 128 Å². The fraction of sp³-hybridized carbons (Fsp3) is 0.294. The van der Waals surface area contributed by atoms with Gasteiger partial charge >= 0.3 is 0 Å². The van der Waals surface area contributed by atoms with E-state index in [0.29, 0.717) is 12.8 Å². The average Bonchev–Trinajstić information content (AvgIpc) is 2.54. The highest BCUT2D eigenvalue weighted by molar-refractivity contribution is 5.76. The molecule has 3 nitrogen and oxygen atoms in total. The Bertz CT molecular complexity index is 632. The van der Waals surface area contributed by atoms with Crippen molar-refractivity contribution in [1.82, 2.24) is 10.3 Å². The lowest BCUT2D eigenvalue weighted by atomic mass is 10.0. The molecule has 5 heteroatoms. The molecule has 0 spiro atoms. The summed E-state index contributed by atoms with van der Waals surface area (Å²) in [6.45, 7) is 1.82. The van der Waals surface area contributed by atoms with Gasteiger partial charge in [0, 0.05) is 24.4 Å². The molecule has 0 radical (unpaired) electrons. The number of nitrogens with one attached hydrogen (secondary N) is 1. The highest BCUT2D eigenvalue weighted by Crippen LogP contribution is 2.21. The maximum Gasteiger partial charge on any atom is 0.220 e. The monoisotopic (exact) mass is 304 g/mol. The van der Waals surface area contributed by atoms with Crippen LogP contribution >= 0.6 is 0 Å². The van der Waals surface area contributed by atoms with Crippen molar-refractivity contribution in [3.05, 3.63) is 65.5 Å². The van der Waals surface area contributed by atoms with Crippen molar-refractivity contribution >= 4 is 5.91 Å². The number of nitrogens with zero attached hydrogens (tertiary/aromatic N) is 1. The summed E-state index contributed by atoms with van der Waals surface area (Å²) in [6.07, 6.45) is 4.70. The Morgan fingerprint density at radius 3 is 2.64 bits per heavy atom. The number of carbonyl (C=O) groups is 1. The molecular weight excluding hydrogens is 286 g/mol. The van der Waals surface area contributed by atoms with E-state index in [-0.39, 0.29) is 17.9 Å². The van der Waals surface area contributed by atoms with Crippen LogP contribution in [-0.2, 0) is 11.2 Å². The van der Waals surface area contributed by atoms with Crippen LogP contribution in [0.15, 0.2) is 42.7 Å². The predicted octanol–water partition coefficient (Wildman–Crippen LogP) is 3.56. The van der Waals surface area contributed by atoms with Crippen LogP contribution in [0, 0.1) is 11.6 Å². The smallest absolute Gasteiger partial charge is 0.220 e. The third kappa shape index (κ3) is 4.35. The van der Waals surface area contributed by atoms with Gasteiger partial charge in [-0.3, -0.25) is 9.78 Å². The number of amides is 1. The fourth-order valence-electron chi connectivity index (χ4n) is 2.26. The number of aryl methyl sites for hydroxylation is 1. The van der Waals surface area contributed by atoms with Crippen LogP contribution in [0.1, 0.15) is 36.9 Å². The van der Waals surface area contributed by atoms with Crippen LogP contribution in [0.25, 0.3) is 0 Å². The Morgan fingerprint density at radius 2 is 1.95 bits per heavy atom. The first-order valence-corrected chi connectivity index (χ1v) is 7.23. The molecule has 2 aromatic rings. The highest BCUT2D eigenvalue weighted by atomic mass is 19.1. The second kappa shape index (κ2) is 7.64. The first-order chi connectivity index (χ1) is 10.6. The Balaban J connectivity index is 1.97. The zero-order valence-electron chi connectivity index (χ0n) is 12.4. The number of benzene rings is 1. The van der Waals surface area contributed by atoms with E-state index in [2.05, 4.69) is 10.3 Å². The van der Waals surface area contributed by atoms with E-state index in [1.165, 1.54) is 0 Å². The summed E-state index contributed by atoms with van der Waals surface area (Å²) in [5, 5.41) is 2.76. The summed E-state index contributed by atoms with van der Waals surface area (Å²) in [5.74, 6) is -1.21. The van der Waals surface area contributed by atoms with Gasteiger partial charge in [-0.05, 0) is 48.7 Å². The Hall–Kier alpha value is -2.30. The average molecular weight is 304 g/mol. The van der Waals surface area contributed by atoms with Gasteiger partial charge in [-0.25, -0.2) is 8.78 Å². The minimum Gasteiger partial charge on any atom is -0.349 e. The summed E-state index contributed by atoms with van der Waals surface area (Å²) in [7, 11) is 0. The topological polar surface area (TPSA) is 42.0 Å². The fourth-order valence-corrected chi connectivity index (χ4v) is 2.26. The minimum atomic E-state index is -0.527. The normalized spacial score (nSPS) is 12.0. The third-order valence-electron chi connectivity index (χ3n) is 3.47. The maximum absolute atomic E-state index is 13.8. The van der Waals surface area contributed by atoms with Gasteiger partial charge in [-0.1, -0.05) is 6.92 Å². The first-order valence-electron chi connectivity index (χ1n) is 7.23. The molecule has 0 aliphatic carbocycles. The number of carbonyl (C=O) groups excluding carboxylic acids is 1. The van der Waals surface area contributed by atoms with Crippen molar-refractivity contribution in [2.75, 3.05) is 0 Å². The van der Waals surface area contributed by atoms with Gasteiger partial charge in [-0.2, -0.15) is 0 Å². The molecule has 1 N–H and O–H groups in total. The molecule has 1 amide bonds. The van der Waals surface area contributed by atoms with Crippen LogP contribution in [0.3, 0.4) is 0 Å². The second-order valence-corrected chi connectivity index (χ2v) is 5.05. The molecule has 1 aromatic heterocycles. The molecule has 22 heavy (non-hydrogen) atoms. The van der Waals surface area contributed by atoms with Gasteiger partial charge in [0.2, 0.25) is 5.91 Å². The molecule has 0 aliphatic heterocycles. The van der Waals surface area contributed by atoms with Crippen LogP contribution in [0.5, 0.6) is 0 Å². The van der Waals surface area contributed by atoms with Crippen LogP contribution in [-0.4, -0.2) is 10.9 Å². The number of aromatic nitrogens is 1. The number of rotatable bonds is 6. The maximum atomic E-state index is 13.8. The highest BCUT2D eigenvalue weighted by Gasteiger charge is 2.17. The van der Waals surface area contributed by atoms with Crippen LogP contribution < -0.4 is 5.32 Å². The number of pyridine rings is 1. The lowest BCUT2D eigenvalue weighted by Gasteiger charge is -2.18. The molecule has 0 fully saturated rings. The molecule has 0 saturated heterocycles. The summed E-state index contributed by atoms with van der Waals surface area (Å²) in [6, 6.07) is 6.44. The van der Waals surface area contributed by atoms with Crippen molar-refractivity contribution < 1.29 is 13.6 Å². The molecule has 0 bridgehead atoms. The lowest BCUT2D eigenvalue weighted by Crippen LogP contribution is -2.29. The van der Waals surface area contributed by atoms with E-state index >= 15 is 0 Å². The number of hydrogen-bond acceptors (Lipinski definition) is 2. The minimum absolute atomic E-state index is 0.180. The van der Waals surface area contributed by atoms with E-state index in [0.717, 1.165) is 23.8 Å². The summed E-state index contributed by atoms with van der Waals surface area (Å²) in [4.78, 5) is 15.9. The van der Waals surface area contributed by atoms with Gasteiger partial charge in [0.15, 0.2) is 0 Å². The van der Waals surface area contributed by atoms with E-state index in [9.17, 15) is 13.6 Å². The number of halogens is 2. The molecule has 116 valence electrons. The molecule has 1 heterocycles. The predicted molar refractivity (Wildman–Crippen MR) is 80.1 cm³/mol. The second-order valence-electron chi connectivity index (χ2n) is 5.05. The lowest BCUT2D eigenvalue weighted by molar-refractivity contribution is -0.121. The molecule has 0 saturated carbocycles. The van der Waals surface area contributed by atoms with Gasteiger partial charge in [0.05, 0.1) is 6.04 Å². The standard InChI is InChI=1S/C17H18F2N2O/c1-2-16(14-11-13(18)4-5-15(14)19)21-17(22)6-3-12-7-9-20-10-8-12/h4-5,7-11,16H,2-3,6H2,1H3,(H,21,22). The zero-order valence-corrected chi connectivity index (χ0v) is 12.4. The molecular formula is C17H18F2N2O. The van der Waals surface area contributed by atoms with Crippen molar-refractivity contribution in [2.45, 2.75) is 32.2 Å². The van der Waals surface area contributed by atoms with E-state index in [1.54, 1.807) is 12.4 Å². The molecule has 1 aromatic carbocycles. The Morgan fingerprint density at radius 1 is 1.23 bits per heavy atom. The first kappa shape index (κ1) is 16.1. The van der Waals surface area contributed by atoms with Gasteiger partial charge in [0.25, 0.3) is 0 Å².